The van der Waals surface area contributed by atoms with Gasteiger partial charge in [0.25, 0.3) is 0 Å². The molecule has 0 bridgehead atoms. The predicted octanol–water partition coefficient (Wildman–Crippen LogP) is 32.5. The summed E-state index contributed by atoms with van der Waals surface area (Å²) in [6.45, 7) is 0. The Morgan fingerprint density at radius 3 is 0.858 bits per heavy atom. The van der Waals surface area contributed by atoms with E-state index in [0.29, 0.717) is 23.5 Å². The number of benzene rings is 22. The van der Waals surface area contributed by atoms with Gasteiger partial charge in [-0.3, -0.25) is 9.13 Å². The highest BCUT2D eigenvalue weighted by Crippen LogP contribution is 2.47. The van der Waals surface area contributed by atoms with Crippen molar-refractivity contribution in [2.45, 2.75) is 0 Å². The van der Waals surface area contributed by atoms with Crippen molar-refractivity contribution in [3.8, 4) is 102 Å². The molecule has 0 aliphatic rings. The second kappa shape index (κ2) is 30.9. The molecule has 22 aromatic carbocycles. The quantitative estimate of drug-likeness (QED) is 0.121. The van der Waals surface area contributed by atoms with Crippen LogP contribution in [-0.2, 0) is 0 Å². The van der Waals surface area contributed by atoms with E-state index < -0.39 is 0 Å². The van der Waals surface area contributed by atoms with Gasteiger partial charge >= 0.3 is 0 Å². The van der Waals surface area contributed by atoms with Crippen LogP contribution in [0.3, 0.4) is 0 Å². The molecule has 0 aliphatic heterocycles. The molecule has 28 aromatic rings. The summed E-state index contributed by atoms with van der Waals surface area (Å²) in [6, 6.07) is 168. The first-order valence-electron chi connectivity index (χ1n) is 45.7. The molecule has 28 rings (SSSR count). The lowest BCUT2D eigenvalue weighted by Crippen LogP contribution is -2.06. The first-order valence-corrected chi connectivity index (χ1v) is 45.7. The third-order valence-corrected chi connectivity index (χ3v) is 27.4. The molecular weight excluding hydrogens is 1630 g/mol. The third kappa shape index (κ3) is 12.3. The van der Waals surface area contributed by atoms with Crippen LogP contribution in [0.1, 0.15) is 0 Å². The van der Waals surface area contributed by atoms with E-state index in [1.54, 1.807) is 0 Å². The number of nitrogens with zero attached hydrogens (tertiary/aromatic N) is 9. The third-order valence-electron chi connectivity index (χ3n) is 27.4. The van der Waals surface area contributed by atoms with Crippen LogP contribution in [0.2, 0.25) is 0 Å². The molecule has 9 heteroatoms. The highest BCUT2D eigenvalue weighted by Gasteiger charge is 2.26. The van der Waals surface area contributed by atoms with Gasteiger partial charge in [-0.1, -0.05) is 352 Å². The summed E-state index contributed by atoms with van der Waals surface area (Å²) < 4.78 is 9.32. The Hall–Kier alpha value is -18.1. The van der Waals surface area contributed by atoms with Crippen LogP contribution in [0, 0.1) is 0 Å². The van der Waals surface area contributed by atoms with Gasteiger partial charge in [-0.2, -0.15) is 9.97 Å². The molecule has 0 aliphatic carbocycles. The van der Waals surface area contributed by atoms with Gasteiger partial charge in [0.2, 0.25) is 11.9 Å². The molecule has 9 nitrogen and oxygen atoms in total. The second-order valence-electron chi connectivity index (χ2n) is 34.9. The number of fused-ring (bicyclic) bond motifs is 24. The van der Waals surface area contributed by atoms with Gasteiger partial charge in [-0.15, -0.1) is 0 Å². The Balaban J connectivity index is 0.000000144. The van der Waals surface area contributed by atoms with Crippen molar-refractivity contribution in [2.24, 2.45) is 0 Å². The van der Waals surface area contributed by atoms with Crippen molar-refractivity contribution in [2.75, 3.05) is 0 Å². The van der Waals surface area contributed by atoms with Gasteiger partial charge in [0.05, 0.1) is 61.2 Å². The van der Waals surface area contributed by atoms with E-state index in [0.717, 1.165) is 116 Å². The van der Waals surface area contributed by atoms with Crippen LogP contribution in [0.4, 0.5) is 0 Å². The largest absolute Gasteiger partial charge is 0.309 e. The molecule has 0 fully saturated rings. The Labute approximate surface area is 769 Å². The summed E-state index contributed by atoms with van der Waals surface area (Å²) in [4.78, 5) is 26.5. The molecule has 6 heterocycles. The Morgan fingerprint density at radius 2 is 0.433 bits per heavy atom. The first kappa shape index (κ1) is 76.0. The summed E-state index contributed by atoms with van der Waals surface area (Å²) in [6.07, 6.45) is 0. The van der Waals surface area contributed by atoms with E-state index in [9.17, 15) is 0 Å². The molecule has 6 aromatic heterocycles. The van der Waals surface area contributed by atoms with E-state index >= 15 is 0 Å². The minimum atomic E-state index is 0.584. The van der Waals surface area contributed by atoms with Gasteiger partial charge in [0.1, 0.15) is 0 Å². The lowest BCUT2D eigenvalue weighted by molar-refractivity contribution is 0.953. The zero-order chi connectivity index (χ0) is 88.0. The van der Waals surface area contributed by atoms with Gasteiger partial charge in [0.15, 0.2) is 11.6 Å². The molecule has 0 N–H and O–H groups in total. The van der Waals surface area contributed by atoms with Crippen molar-refractivity contribution in [3.05, 3.63) is 467 Å². The molecule has 0 amide bonds. The van der Waals surface area contributed by atoms with Crippen LogP contribution in [0.15, 0.2) is 467 Å². The fourth-order valence-electron chi connectivity index (χ4n) is 21.4. The highest BCUT2D eigenvalue weighted by atomic mass is 15.2. The predicted molar refractivity (Wildman–Crippen MR) is 560 cm³/mol. The maximum absolute atomic E-state index is 5.64. The minimum Gasteiger partial charge on any atom is -0.309 e. The van der Waals surface area contributed by atoms with Crippen molar-refractivity contribution >= 4 is 163 Å². The Morgan fingerprint density at radius 1 is 0.149 bits per heavy atom. The lowest BCUT2D eigenvalue weighted by atomic mass is 9.93. The monoisotopic (exact) mass is 1700 g/mol. The first-order chi connectivity index (χ1) is 66.5. The SMILES string of the molecule is c1ccc(-c2ccc3c(c2)c2cc(-c4ccc5c(c4)c4ccccc4n5-c4nc(-c5ccccc5)nc(-c5ccccc5)n4)ccc2n3-c2ccccc2)cc1.c1ccc2c(c1)cc(-c1cc(-c3cc4ccccc4c4ccccc34)nc(-n3c4ccccc4c4cc(-c5ccc6c(c5)c5ccccc5n6-c5cccc6c7ccccc7c7ccccc7c56)ccc43)n1)c1ccccc12. The van der Waals surface area contributed by atoms with Crippen LogP contribution >= 0.6 is 0 Å². The molecule has 0 atom stereocenters. The molecule has 622 valence electrons. The molecule has 0 saturated carbocycles. The summed E-state index contributed by atoms with van der Waals surface area (Å²) in [5.41, 5.74) is 24.0. The molecular formula is C125H77N9. The number of hydrogen-bond acceptors (Lipinski definition) is 5. The second-order valence-corrected chi connectivity index (χ2v) is 34.9. The lowest BCUT2D eigenvalue weighted by Gasteiger charge is -2.16. The number of hydrogen-bond donors (Lipinski definition) is 0. The van der Waals surface area contributed by atoms with E-state index in [4.69, 9.17) is 24.9 Å². The summed E-state index contributed by atoms with van der Waals surface area (Å²) in [5, 5.41) is 26.5. The van der Waals surface area contributed by atoms with Crippen molar-refractivity contribution < 1.29 is 0 Å². The van der Waals surface area contributed by atoms with Gasteiger partial charge in [-0.25, -0.2) is 15.0 Å². The van der Waals surface area contributed by atoms with E-state index in [1.807, 2.05) is 60.7 Å². The zero-order valence-electron chi connectivity index (χ0n) is 72.5. The molecule has 134 heavy (non-hydrogen) atoms. The van der Waals surface area contributed by atoms with Crippen molar-refractivity contribution in [3.63, 3.8) is 0 Å². The average molecular weight is 1710 g/mol. The summed E-state index contributed by atoms with van der Waals surface area (Å²) >= 11 is 0. The maximum Gasteiger partial charge on any atom is 0.238 e. The topological polar surface area (TPSA) is 84.2 Å². The van der Waals surface area contributed by atoms with Gasteiger partial charge in [-0.05, 0) is 219 Å². The van der Waals surface area contributed by atoms with E-state index in [2.05, 4.69) is 425 Å². The molecule has 0 radical (unpaired) electrons. The standard InChI is InChI=1S/C74H44N4.C51H33N5/c1-3-20-49-47(18-1)42-62(56-27-9-5-22-51(49)56)66-44-67(63-43-48-19-2-4-21-50(48)52-23-6-10-28-57(52)63)76-74(75-66)78-69-34-16-14-30-59(69)65-41-46(37-39-71(65)78)45-36-38-70-64(40-45)58-29-13-15-33-68(58)77(70)72-35-17-32-61-55-25-8-7-24-53(55)54-26-11-12-31-60(54)73(61)72;1-5-15-34(16-6-1)37-25-28-46-43(31-37)44-33-39(26-29-47(44)55(46)40-21-11-4-12-22-40)38-27-30-48-42(32-38)41-23-13-14-24-45(41)56(48)51-53-49(35-17-7-2-8-18-35)52-50(54-51)36-19-9-3-10-20-36/h1-44H;1-33H. The Kier molecular flexibility index (Phi) is 17.5. The number of rotatable bonds is 11. The zero-order valence-corrected chi connectivity index (χ0v) is 72.5. The number of aromatic nitrogens is 9. The molecule has 0 spiro atoms. The van der Waals surface area contributed by atoms with Crippen LogP contribution in [-0.4, -0.2) is 43.2 Å². The maximum atomic E-state index is 5.64. The van der Waals surface area contributed by atoms with Crippen LogP contribution in [0.5, 0.6) is 0 Å². The normalized spacial score (nSPS) is 11.9. The van der Waals surface area contributed by atoms with Crippen LogP contribution in [0.25, 0.3) is 265 Å². The fraction of sp³-hybridized carbons (Fsp3) is 0. The number of para-hydroxylation sites is 4. The molecule has 0 unspecified atom stereocenters. The smallest absolute Gasteiger partial charge is 0.238 e. The summed E-state index contributed by atoms with van der Waals surface area (Å²) in [7, 11) is 0. The Bertz CT molecular complexity index is 9470. The molecule has 0 saturated heterocycles. The van der Waals surface area contributed by atoms with Crippen LogP contribution < -0.4 is 0 Å². The van der Waals surface area contributed by atoms with Crippen molar-refractivity contribution in [1.29, 1.82) is 0 Å². The van der Waals surface area contributed by atoms with Gasteiger partial charge < -0.3 is 9.13 Å². The van der Waals surface area contributed by atoms with Crippen molar-refractivity contribution in [1.82, 2.24) is 43.2 Å². The van der Waals surface area contributed by atoms with E-state index in [1.165, 1.54) is 125 Å². The minimum absolute atomic E-state index is 0.584. The highest BCUT2D eigenvalue weighted by molar-refractivity contribution is 6.28. The average Bonchev–Trinajstić information content (AvgIpc) is 1.64. The fourth-order valence-corrected chi connectivity index (χ4v) is 21.4. The summed E-state index contributed by atoms with van der Waals surface area (Å²) in [5.74, 6) is 2.48. The van der Waals surface area contributed by atoms with Gasteiger partial charge in [0, 0.05) is 76.4 Å². The van der Waals surface area contributed by atoms with E-state index in [-0.39, 0.29) is 0 Å².